The Morgan fingerprint density at radius 3 is 2.53 bits per heavy atom. The predicted molar refractivity (Wildman–Crippen MR) is 52.2 cm³/mol. The van der Waals surface area contributed by atoms with E-state index in [0.717, 1.165) is 12.1 Å². The van der Waals surface area contributed by atoms with Crippen molar-refractivity contribution < 1.29 is 17.6 Å². The first kappa shape index (κ1) is 11.1. The van der Waals surface area contributed by atoms with Gasteiger partial charge in [0.25, 0.3) is 0 Å². The fourth-order valence-corrected chi connectivity index (χ4v) is 1.45. The van der Waals surface area contributed by atoms with Crippen LogP contribution < -0.4 is 5.63 Å². The Hall–Kier alpha value is -2.36. The lowest BCUT2D eigenvalue weighted by Gasteiger charge is -2.07. The summed E-state index contributed by atoms with van der Waals surface area (Å²) in [6, 6.07) is 3.69. The summed E-state index contributed by atoms with van der Waals surface area (Å²) in [7, 11) is 0. The molecule has 7 heteroatoms. The molecule has 0 aliphatic heterocycles. The summed E-state index contributed by atoms with van der Waals surface area (Å²) in [6.07, 6.45) is -4.65. The molecule has 17 heavy (non-hydrogen) atoms. The minimum atomic E-state index is -4.65. The Kier molecular flexibility index (Phi) is 2.35. The highest BCUT2D eigenvalue weighted by Crippen LogP contribution is 2.34. The Labute approximate surface area is 91.9 Å². The van der Waals surface area contributed by atoms with Crippen molar-refractivity contribution in [1.29, 1.82) is 5.39 Å². The maximum absolute atomic E-state index is 12.6. The summed E-state index contributed by atoms with van der Waals surface area (Å²) in [5.41, 5.74) is -2.46. The zero-order valence-electron chi connectivity index (χ0n) is 8.15. The topological polar surface area (TPSA) is 58.4 Å². The van der Waals surface area contributed by atoms with Gasteiger partial charge in [-0.1, -0.05) is 0 Å². The van der Waals surface area contributed by atoms with Crippen molar-refractivity contribution in [2.24, 2.45) is 0 Å². The van der Waals surface area contributed by atoms with Crippen molar-refractivity contribution in [3.05, 3.63) is 45.2 Å². The van der Waals surface area contributed by atoms with E-state index in [2.05, 4.69) is 9.39 Å². The smallest absolute Gasteiger partial charge is 0.417 e. The van der Waals surface area contributed by atoms with Crippen molar-refractivity contribution >= 4 is 16.7 Å². The third kappa shape index (κ3) is 1.97. The molecule has 0 N–H and O–H groups in total. The molecule has 1 heterocycles. The van der Waals surface area contributed by atoms with Gasteiger partial charge >= 0.3 is 17.5 Å². The maximum atomic E-state index is 12.6. The van der Waals surface area contributed by atoms with E-state index in [1.54, 1.807) is 0 Å². The number of halogens is 3. The second-order valence-electron chi connectivity index (χ2n) is 3.26. The summed E-state index contributed by atoms with van der Waals surface area (Å²) in [4.78, 5) is 13.8. The summed E-state index contributed by atoms with van der Waals surface area (Å²) in [5.74, 6) is 0. The van der Waals surface area contributed by atoms with Crippen LogP contribution in [-0.2, 0) is 6.18 Å². The van der Waals surface area contributed by atoms with Crippen LogP contribution in [0, 0.1) is 5.39 Å². The maximum Gasteiger partial charge on any atom is 0.417 e. The number of benzene rings is 1. The van der Waals surface area contributed by atoms with Crippen LogP contribution >= 0.6 is 0 Å². The first-order valence-corrected chi connectivity index (χ1v) is 4.42. The van der Waals surface area contributed by atoms with E-state index in [1.165, 1.54) is 6.07 Å². The third-order valence-electron chi connectivity index (χ3n) is 2.15. The van der Waals surface area contributed by atoms with Gasteiger partial charge in [-0.05, 0) is 6.07 Å². The van der Waals surface area contributed by atoms with Gasteiger partial charge in [-0.3, -0.25) is 0 Å². The van der Waals surface area contributed by atoms with E-state index in [4.69, 9.17) is 5.39 Å². The van der Waals surface area contributed by atoms with Crippen LogP contribution in [0.25, 0.3) is 15.9 Å². The lowest BCUT2D eigenvalue weighted by molar-refractivity contribution is -0.136. The number of diazo groups is 1. The highest BCUT2D eigenvalue weighted by Gasteiger charge is 2.34. The number of nitrogens with zero attached hydrogens (tertiary/aromatic N) is 2. The quantitative estimate of drug-likeness (QED) is 0.525. The van der Waals surface area contributed by atoms with Crippen LogP contribution in [0.1, 0.15) is 5.56 Å². The van der Waals surface area contributed by atoms with Gasteiger partial charge in [-0.15, -0.1) is 0 Å². The summed E-state index contributed by atoms with van der Waals surface area (Å²) in [5, 5.41) is 8.22. The first-order chi connectivity index (χ1) is 7.91. The zero-order chi connectivity index (χ0) is 12.6. The molecular weight excluding hydrogens is 237 g/mol. The Balaban J connectivity index is 2.88. The van der Waals surface area contributed by atoms with E-state index >= 15 is 0 Å². The lowest BCUT2D eigenvalue weighted by Crippen LogP contribution is -2.10. The predicted octanol–water partition coefficient (Wildman–Crippen LogP) is 3.30. The number of fused-ring (bicyclic) bond motifs is 1. The molecule has 0 atom stereocenters. The van der Waals surface area contributed by atoms with Gasteiger partial charge in [-0.25, -0.2) is 4.79 Å². The summed E-state index contributed by atoms with van der Waals surface area (Å²) in [6.45, 7) is 0. The molecule has 1 aromatic heterocycles. The number of hydrogen-bond acceptors (Lipinski definition) is 3. The van der Waals surface area contributed by atoms with Gasteiger partial charge < -0.3 is 4.42 Å². The van der Waals surface area contributed by atoms with Gasteiger partial charge in [0, 0.05) is 17.5 Å². The molecule has 0 aliphatic rings. The molecule has 86 valence electrons. The van der Waals surface area contributed by atoms with Crippen molar-refractivity contribution in [3.63, 3.8) is 0 Å². The molecule has 0 radical (unpaired) electrons. The molecule has 0 aliphatic carbocycles. The second kappa shape index (κ2) is 3.59. The van der Waals surface area contributed by atoms with Gasteiger partial charge in [-0.2, -0.15) is 13.2 Å². The molecule has 0 spiro atoms. The van der Waals surface area contributed by atoms with E-state index < -0.39 is 17.4 Å². The molecule has 0 unspecified atom stereocenters. The largest absolute Gasteiger partial charge is 0.422 e. The summed E-state index contributed by atoms with van der Waals surface area (Å²) < 4.78 is 42.5. The second-order valence-corrected chi connectivity index (χ2v) is 3.26. The van der Waals surface area contributed by atoms with Crippen LogP contribution in [-0.4, -0.2) is 0 Å². The van der Waals surface area contributed by atoms with Crippen LogP contribution in [0.5, 0.6) is 0 Å². The molecule has 4 nitrogen and oxygen atoms in total. The summed E-state index contributed by atoms with van der Waals surface area (Å²) >= 11 is 0. The SMILES string of the molecule is N#[N+]c1ccc2c(C(F)(F)F)cc(=O)oc2c1. The van der Waals surface area contributed by atoms with Gasteiger partial charge in [0.2, 0.25) is 5.39 Å². The average Bonchev–Trinajstić information content (AvgIpc) is 2.25. The van der Waals surface area contributed by atoms with E-state index in [9.17, 15) is 18.0 Å². The number of alkyl halides is 3. The van der Waals surface area contributed by atoms with Crippen molar-refractivity contribution in [3.8, 4) is 0 Å². The van der Waals surface area contributed by atoms with Crippen LogP contribution in [0.2, 0.25) is 0 Å². The zero-order valence-corrected chi connectivity index (χ0v) is 8.15. The average molecular weight is 241 g/mol. The molecular formula is C10H4F3N2O2+. The van der Waals surface area contributed by atoms with E-state index in [1.807, 2.05) is 0 Å². The monoisotopic (exact) mass is 241 g/mol. The van der Waals surface area contributed by atoms with Gasteiger partial charge in [0.15, 0.2) is 4.98 Å². The highest BCUT2D eigenvalue weighted by molar-refractivity contribution is 5.84. The first-order valence-electron chi connectivity index (χ1n) is 4.42. The number of rotatable bonds is 0. The van der Waals surface area contributed by atoms with Gasteiger partial charge in [0.1, 0.15) is 5.58 Å². The van der Waals surface area contributed by atoms with Crippen LogP contribution in [0.4, 0.5) is 18.9 Å². The van der Waals surface area contributed by atoms with Crippen molar-refractivity contribution in [1.82, 2.24) is 0 Å². The molecule has 0 saturated heterocycles. The minimum Gasteiger partial charge on any atom is -0.422 e. The molecule has 1 aromatic carbocycles. The van der Waals surface area contributed by atoms with E-state index in [0.29, 0.717) is 6.07 Å². The van der Waals surface area contributed by atoms with Gasteiger partial charge in [0.05, 0.1) is 11.6 Å². The van der Waals surface area contributed by atoms with E-state index in [-0.39, 0.29) is 16.7 Å². The van der Waals surface area contributed by atoms with Crippen molar-refractivity contribution in [2.75, 3.05) is 0 Å². The normalized spacial score (nSPS) is 11.4. The molecule has 2 aromatic rings. The molecule has 2 rings (SSSR count). The number of hydrogen-bond donors (Lipinski definition) is 0. The molecule has 0 bridgehead atoms. The Morgan fingerprint density at radius 2 is 1.94 bits per heavy atom. The Bertz CT molecular complexity index is 682. The van der Waals surface area contributed by atoms with Crippen molar-refractivity contribution in [2.45, 2.75) is 6.18 Å². The molecule has 0 amide bonds. The molecule has 0 fully saturated rings. The standard InChI is InChI=1S/C10H4F3N2O2/c11-10(12,13)7-4-9(16)17-8-3-5(15-14)1-2-6(7)8/h1-4H/q+1. The highest BCUT2D eigenvalue weighted by atomic mass is 19.4. The molecule has 0 saturated carbocycles. The lowest BCUT2D eigenvalue weighted by atomic mass is 10.1. The van der Waals surface area contributed by atoms with Crippen LogP contribution in [0.3, 0.4) is 0 Å². The Morgan fingerprint density at radius 1 is 1.24 bits per heavy atom. The fraction of sp³-hybridized carbons (Fsp3) is 0.100. The minimum absolute atomic E-state index is 0.0000236. The fourth-order valence-electron chi connectivity index (χ4n) is 1.45. The van der Waals surface area contributed by atoms with Crippen LogP contribution in [0.15, 0.2) is 33.5 Å². The third-order valence-corrected chi connectivity index (χ3v) is 2.15.